The molecule has 6 heteroatoms. The first kappa shape index (κ1) is 27.5. The van der Waals surface area contributed by atoms with E-state index in [-0.39, 0.29) is 30.6 Å². The normalized spacial score (nSPS) is 38.4. The Kier molecular flexibility index (Phi) is 7.90. The molecule has 6 atom stereocenters. The summed E-state index contributed by atoms with van der Waals surface area (Å²) in [6.07, 6.45) is 8.81. The minimum Gasteiger partial charge on any atom is -0.393 e. The predicted molar refractivity (Wildman–Crippen MR) is 130 cm³/mol. The van der Waals surface area contributed by atoms with Gasteiger partial charge in [-0.1, -0.05) is 38.2 Å². The molecule has 4 N–H and O–H groups in total. The van der Waals surface area contributed by atoms with Crippen molar-refractivity contribution in [3.63, 3.8) is 0 Å². The van der Waals surface area contributed by atoms with Gasteiger partial charge in [0.15, 0.2) is 0 Å². The van der Waals surface area contributed by atoms with Crippen LogP contribution in [0, 0.1) is 23.2 Å². The average molecular weight is 483 g/mol. The number of fused-ring (bicyclic) bond motifs is 1. The molecule has 0 aliphatic heterocycles. The van der Waals surface area contributed by atoms with E-state index in [0.29, 0.717) is 23.8 Å². The van der Waals surface area contributed by atoms with Crippen molar-refractivity contribution < 1.29 is 29.2 Å². The average Bonchev–Trinajstić information content (AvgIpc) is 3.10. The monoisotopic (exact) mass is 482 g/mol. The van der Waals surface area contributed by atoms with Gasteiger partial charge in [-0.2, -0.15) is 0 Å². The molecule has 3 rings (SSSR count). The van der Waals surface area contributed by atoms with Gasteiger partial charge in [0, 0.05) is 19.3 Å². The first-order chi connectivity index (χ1) is 15.6. The maximum Gasteiger partial charge on any atom is 0.275 e. The smallest absolute Gasteiger partial charge is 0.275 e. The van der Waals surface area contributed by atoms with Crippen LogP contribution in [0.1, 0.15) is 85.5 Å². The molecule has 194 valence electrons. The third-order valence-corrected chi connectivity index (χ3v) is 9.23. The Balaban J connectivity index is 1.75. The summed E-state index contributed by atoms with van der Waals surface area (Å²) >= 11 is 0. The van der Waals surface area contributed by atoms with Crippen molar-refractivity contribution in [2.24, 2.45) is 23.2 Å². The standard InChI is InChI=1S/C28H44F2O4/c1-18(12-14-28(29,30)25(3,4)33)22-10-11-23-20(7-6-13-26(22,23)5)8-9-21-15-27(34,17-31)16-24(32)19(21)2/h8-9,18,22-24,31-34H,2,6-7,10-17H2,1,3-5H3/t18-,22-,23?,24+,26-,27-/m1/s1. The van der Waals surface area contributed by atoms with Crippen molar-refractivity contribution in [3.8, 4) is 0 Å². The van der Waals surface area contributed by atoms with Crippen LogP contribution in [0.2, 0.25) is 0 Å². The fourth-order valence-corrected chi connectivity index (χ4v) is 6.86. The number of allylic oxidation sites excluding steroid dienone is 3. The Bertz CT molecular complexity index is 827. The molecular formula is C28H44F2O4. The lowest BCUT2D eigenvalue weighted by atomic mass is 9.60. The predicted octanol–water partition coefficient (Wildman–Crippen LogP) is 5.31. The first-order valence-corrected chi connectivity index (χ1v) is 12.8. The fourth-order valence-electron chi connectivity index (χ4n) is 6.86. The van der Waals surface area contributed by atoms with Gasteiger partial charge in [0.25, 0.3) is 5.92 Å². The van der Waals surface area contributed by atoms with Crippen LogP contribution >= 0.6 is 0 Å². The van der Waals surface area contributed by atoms with E-state index in [1.54, 1.807) is 0 Å². The quantitative estimate of drug-likeness (QED) is 0.396. The SMILES string of the molecule is C=C1C(=CC=C2CCC[C@@]3(C)C2CC[C@@H]3[C@H](C)CCC(F)(F)C(C)(C)O)C[C@](O)(CO)C[C@@H]1O. The summed E-state index contributed by atoms with van der Waals surface area (Å²) in [5.41, 5.74) is -0.571. The zero-order valence-electron chi connectivity index (χ0n) is 21.3. The molecule has 0 amide bonds. The lowest BCUT2D eigenvalue weighted by Gasteiger charge is -2.44. The highest BCUT2D eigenvalue weighted by Gasteiger charge is 2.52. The van der Waals surface area contributed by atoms with E-state index in [0.717, 1.165) is 37.7 Å². The summed E-state index contributed by atoms with van der Waals surface area (Å²) in [6.45, 7) is 10.3. The Morgan fingerprint density at radius 2 is 1.91 bits per heavy atom. The van der Waals surface area contributed by atoms with Gasteiger partial charge < -0.3 is 20.4 Å². The Morgan fingerprint density at radius 3 is 2.53 bits per heavy atom. The van der Waals surface area contributed by atoms with Crippen LogP contribution in [0.3, 0.4) is 0 Å². The maximum absolute atomic E-state index is 14.4. The van der Waals surface area contributed by atoms with Crippen molar-refractivity contribution in [1.29, 1.82) is 0 Å². The van der Waals surface area contributed by atoms with Gasteiger partial charge >= 0.3 is 0 Å². The third kappa shape index (κ3) is 5.35. The minimum absolute atomic E-state index is 0.0565. The summed E-state index contributed by atoms with van der Waals surface area (Å²) in [6, 6.07) is 0. The molecule has 34 heavy (non-hydrogen) atoms. The van der Waals surface area contributed by atoms with Gasteiger partial charge in [-0.25, -0.2) is 8.78 Å². The van der Waals surface area contributed by atoms with Crippen LogP contribution in [0.4, 0.5) is 8.78 Å². The fraction of sp³-hybridized carbons (Fsp3) is 0.786. The maximum atomic E-state index is 14.4. The van der Waals surface area contributed by atoms with Crippen molar-refractivity contribution in [2.45, 2.75) is 109 Å². The summed E-state index contributed by atoms with van der Waals surface area (Å²) in [5, 5.41) is 40.2. The van der Waals surface area contributed by atoms with Gasteiger partial charge in [0.2, 0.25) is 0 Å². The molecule has 4 nitrogen and oxygen atoms in total. The Labute approximate surface area is 203 Å². The minimum atomic E-state index is -3.10. The zero-order valence-corrected chi connectivity index (χ0v) is 21.3. The lowest BCUT2D eigenvalue weighted by molar-refractivity contribution is -0.168. The molecular weight excluding hydrogens is 438 g/mol. The number of aliphatic hydroxyl groups excluding tert-OH is 2. The summed E-state index contributed by atoms with van der Waals surface area (Å²) in [5.74, 6) is -2.21. The second kappa shape index (κ2) is 9.76. The molecule has 3 fully saturated rings. The van der Waals surface area contributed by atoms with Gasteiger partial charge in [-0.05, 0) is 86.7 Å². The molecule has 0 radical (unpaired) electrons. The molecule has 0 spiro atoms. The van der Waals surface area contributed by atoms with Crippen LogP contribution in [0.15, 0.2) is 35.5 Å². The highest BCUT2D eigenvalue weighted by molar-refractivity contribution is 5.40. The van der Waals surface area contributed by atoms with Crippen LogP contribution in [-0.2, 0) is 0 Å². The van der Waals surface area contributed by atoms with Crippen molar-refractivity contribution in [2.75, 3.05) is 6.61 Å². The highest BCUT2D eigenvalue weighted by atomic mass is 19.3. The van der Waals surface area contributed by atoms with E-state index in [9.17, 15) is 29.2 Å². The largest absolute Gasteiger partial charge is 0.393 e. The molecule has 1 unspecified atom stereocenters. The summed E-state index contributed by atoms with van der Waals surface area (Å²) < 4.78 is 28.7. The molecule has 0 bridgehead atoms. The molecule has 0 aromatic carbocycles. The molecule has 3 aliphatic rings. The molecule has 0 aromatic rings. The van der Waals surface area contributed by atoms with E-state index in [2.05, 4.69) is 26.5 Å². The van der Waals surface area contributed by atoms with E-state index in [1.165, 1.54) is 19.4 Å². The van der Waals surface area contributed by atoms with E-state index < -0.39 is 29.8 Å². The van der Waals surface area contributed by atoms with Crippen molar-refractivity contribution >= 4 is 0 Å². The Hall–Kier alpha value is -1.08. The number of hydrogen-bond acceptors (Lipinski definition) is 4. The molecule has 0 heterocycles. The topological polar surface area (TPSA) is 80.9 Å². The van der Waals surface area contributed by atoms with Gasteiger partial charge in [-0.15, -0.1) is 0 Å². The van der Waals surface area contributed by atoms with E-state index in [4.69, 9.17) is 0 Å². The number of halogens is 2. The molecule has 0 aromatic heterocycles. The molecule has 3 saturated carbocycles. The van der Waals surface area contributed by atoms with Crippen LogP contribution in [0.5, 0.6) is 0 Å². The summed E-state index contributed by atoms with van der Waals surface area (Å²) in [7, 11) is 0. The van der Waals surface area contributed by atoms with Crippen LogP contribution in [-0.4, -0.2) is 50.3 Å². The van der Waals surface area contributed by atoms with E-state index >= 15 is 0 Å². The summed E-state index contributed by atoms with van der Waals surface area (Å²) in [4.78, 5) is 0. The van der Waals surface area contributed by atoms with Crippen molar-refractivity contribution in [1.82, 2.24) is 0 Å². The lowest BCUT2D eigenvalue weighted by Crippen LogP contribution is -2.43. The molecule has 0 saturated heterocycles. The van der Waals surface area contributed by atoms with Gasteiger partial charge in [0.1, 0.15) is 5.60 Å². The molecule has 3 aliphatic carbocycles. The number of rotatable bonds is 7. The van der Waals surface area contributed by atoms with E-state index in [1.807, 2.05) is 6.08 Å². The second-order valence-electron chi connectivity index (χ2n) is 12.1. The van der Waals surface area contributed by atoms with Gasteiger partial charge in [0.05, 0.1) is 18.3 Å². The highest BCUT2D eigenvalue weighted by Crippen LogP contribution is 2.60. The second-order valence-corrected chi connectivity index (χ2v) is 12.1. The zero-order chi connectivity index (χ0) is 25.5. The third-order valence-electron chi connectivity index (χ3n) is 9.23. The first-order valence-electron chi connectivity index (χ1n) is 12.8. The van der Waals surface area contributed by atoms with Crippen molar-refractivity contribution in [3.05, 3.63) is 35.5 Å². The van der Waals surface area contributed by atoms with Crippen LogP contribution in [0.25, 0.3) is 0 Å². The number of alkyl halides is 2. The Morgan fingerprint density at radius 1 is 1.24 bits per heavy atom. The van der Waals surface area contributed by atoms with Gasteiger partial charge in [-0.3, -0.25) is 0 Å². The number of aliphatic hydroxyl groups is 4. The number of hydrogen-bond donors (Lipinski definition) is 4. The van der Waals surface area contributed by atoms with Crippen LogP contribution < -0.4 is 0 Å².